The molecule has 0 bridgehead atoms. The molecule has 1 aromatic heterocycles. The Bertz CT molecular complexity index is 1000. The van der Waals surface area contributed by atoms with Gasteiger partial charge in [0.1, 0.15) is 0 Å². The normalized spacial score (nSPS) is 14.4. The Morgan fingerprint density at radius 2 is 1.81 bits per heavy atom. The average Bonchev–Trinajstić information content (AvgIpc) is 2.71. The van der Waals surface area contributed by atoms with Gasteiger partial charge in [0.15, 0.2) is 5.82 Å². The van der Waals surface area contributed by atoms with Crippen molar-refractivity contribution >= 4 is 28.2 Å². The third-order valence-corrected chi connectivity index (χ3v) is 5.51. The highest BCUT2D eigenvalue weighted by Crippen LogP contribution is 2.33. The van der Waals surface area contributed by atoms with Crippen LogP contribution in [0.1, 0.15) is 5.56 Å². The van der Waals surface area contributed by atoms with E-state index >= 15 is 0 Å². The Hall–Kier alpha value is -2.99. The second kappa shape index (κ2) is 7.32. The second-order valence-electron chi connectivity index (χ2n) is 6.39. The number of amides is 1. The average molecular weight is 377 g/mol. The Balaban J connectivity index is 1.70. The summed E-state index contributed by atoms with van der Waals surface area (Å²) in [5.74, 6) is 0.725. The van der Waals surface area contributed by atoms with Crippen molar-refractivity contribution in [1.29, 1.82) is 0 Å². The Kier molecular flexibility index (Phi) is 4.73. The van der Waals surface area contributed by atoms with Crippen LogP contribution in [0.5, 0.6) is 0 Å². The van der Waals surface area contributed by atoms with Gasteiger partial charge in [0.05, 0.1) is 18.8 Å². The van der Waals surface area contributed by atoms with Crippen LogP contribution in [0.4, 0.5) is 11.5 Å². The molecule has 0 spiro atoms. The fourth-order valence-corrected chi connectivity index (χ4v) is 3.64. The minimum atomic E-state index is -1.01. The lowest BCUT2D eigenvalue weighted by Crippen LogP contribution is -2.39. The van der Waals surface area contributed by atoms with Gasteiger partial charge in [0, 0.05) is 33.7 Å². The van der Waals surface area contributed by atoms with Crippen molar-refractivity contribution in [2.45, 2.75) is 11.4 Å². The molecule has 2 aromatic carbocycles. The van der Waals surface area contributed by atoms with Gasteiger partial charge in [-0.05, 0) is 29.3 Å². The quantitative estimate of drug-likeness (QED) is 0.757. The summed E-state index contributed by atoms with van der Waals surface area (Å²) in [6, 6.07) is 19.5. The summed E-state index contributed by atoms with van der Waals surface area (Å²) < 4.78 is 11.6. The Morgan fingerprint density at radius 1 is 1.07 bits per heavy atom. The van der Waals surface area contributed by atoms with Crippen LogP contribution in [0.15, 0.2) is 71.8 Å². The van der Waals surface area contributed by atoms with Crippen molar-refractivity contribution in [1.82, 2.24) is 4.98 Å². The molecule has 0 fully saturated rings. The predicted molar refractivity (Wildman–Crippen MR) is 108 cm³/mol. The molecule has 1 amide bonds. The summed E-state index contributed by atoms with van der Waals surface area (Å²) in [5, 5.41) is 3.09. The first-order chi connectivity index (χ1) is 13.1. The number of aromatic nitrogens is 1. The molecule has 1 unspecified atom stereocenters. The second-order valence-corrected chi connectivity index (χ2v) is 7.77. The minimum Gasteiger partial charge on any atom is -0.359 e. The number of carbonyl (C=O) groups is 1. The van der Waals surface area contributed by atoms with Crippen molar-refractivity contribution in [3.05, 3.63) is 72.4 Å². The number of rotatable bonds is 4. The van der Waals surface area contributed by atoms with Crippen LogP contribution in [-0.4, -0.2) is 27.9 Å². The monoisotopic (exact) mass is 377 g/mol. The first kappa shape index (κ1) is 17.4. The zero-order valence-corrected chi connectivity index (χ0v) is 15.7. The van der Waals surface area contributed by atoms with E-state index in [2.05, 4.69) is 10.3 Å². The van der Waals surface area contributed by atoms with Crippen molar-refractivity contribution in [2.75, 3.05) is 23.0 Å². The summed E-state index contributed by atoms with van der Waals surface area (Å²) in [6.45, 7) is 0.746. The van der Waals surface area contributed by atoms with Gasteiger partial charge >= 0.3 is 0 Å². The molecule has 1 aliphatic heterocycles. The van der Waals surface area contributed by atoms with E-state index in [0.717, 1.165) is 27.3 Å². The van der Waals surface area contributed by atoms with Crippen molar-refractivity contribution in [3.63, 3.8) is 0 Å². The highest BCUT2D eigenvalue weighted by Gasteiger charge is 2.25. The lowest BCUT2D eigenvalue weighted by molar-refractivity contribution is -0.117. The van der Waals surface area contributed by atoms with Crippen LogP contribution in [0.2, 0.25) is 0 Å². The van der Waals surface area contributed by atoms with Gasteiger partial charge in [-0.1, -0.05) is 42.5 Å². The summed E-state index contributed by atoms with van der Waals surface area (Å²) in [7, 11) is -1.01. The maximum atomic E-state index is 12.5. The van der Waals surface area contributed by atoms with Crippen LogP contribution in [0, 0.1) is 0 Å². The fraction of sp³-hybridized carbons (Fsp3) is 0.143. The molecule has 0 radical (unpaired) electrons. The number of fused-ring (bicyclic) bond motifs is 1. The van der Waals surface area contributed by atoms with Gasteiger partial charge in [-0.15, -0.1) is 0 Å². The molecule has 27 heavy (non-hydrogen) atoms. The predicted octanol–water partition coefficient (Wildman–Crippen LogP) is 3.44. The van der Waals surface area contributed by atoms with E-state index in [-0.39, 0.29) is 12.5 Å². The van der Waals surface area contributed by atoms with Crippen LogP contribution < -0.4 is 10.2 Å². The molecule has 1 aliphatic rings. The number of nitrogens with one attached hydrogen (secondary N) is 1. The summed E-state index contributed by atoms with van der Waals surface area (Å²) in [4.78, 5) is 19.6. The third kappa shape index (κ3) is 3.61. The van der Waals surface area contributed by atoms with Gasteiger partial charge in [-0.2, -0.15) is 0 Å². The van der Waals surface area contributed by atoms with E-state index < -0.39 is 10.8 Å². The lowest BCUT2D eigenvalue weighted by Gasteiger charge is -2.30. The first-order valence-corrected chi connectivity index (χ1v) is 10.2. The van der Waals surface area contributed by atoms with E-state index in [1.807, 2.05) is 60.7 Å². The van der Waals surface area contributed by atoms with Gasteiger partial charge < -0.3 is 10.2 Å². The molecule has 3 aromatic rings. The molecule has 1 N–H and O–H groups in total. The summed E-state index contributed by atoms with van der Waals surface area (Å²) in [6.07, 6.45) is 3.45. The molecular formula is C21H19N3O2S. The molecule has 4 rings (SSSR count). The maximum absolute atomic E-state index is 12.5. The SMILES string of the molecule is CS(=O)c1ccc(-c2cnc3c(c2)N(Cc2ccccc2)C(=O)CN3)cc1. The fourth-order valence-electron chi connectivity index (χ4n) is 3.12. The summed E-state index contributed by atoms with van der Waals surface area (Å²) >= 11 is 0. The molecule has 136 valence electrons. The largest absolute Gasteiger partial charge is 0.359 e. The molecule has 0 saturated carbocycles. The van der Waals surface area contributed by atoms with E-state index in [4.69, 9.17) is 0 Å². The van der Waals surface area contributed by atoms with E-state index in [1.165, 1.54) is 0 Å². The number of hydrogen-bond donors (Lipinski definition) is 1. The number of benzene rings is 2. The Morgan fingerprint density at radius 3 is 2.52 bits per heavy atom. The lowest BCUT2D eigenvalue weighted by atomic mass is 10.1. The molecule has 6 heteroatoms. The van der Waals surface area contributed by atoms with Crippen LogP contribution >= 0.6 is 0 Å². The Labute approximate surface area is 160 Å². The van der Waals surface area contributed by atoms with E-state index in [1.54, 1.807) is 17.4 Å². The van der Waals surface area contributed by atoms with Crippen molar-refractivity contribution < 1.29 is 9.00 Å². The standard InChI is InChI=1S/C21H19N3O2S/c1-27(26)18-9-7-16(8-10-18)17-11-19-21(22-12-17)23-13-20(25)24(19)14-15-5-3-2-4-6-15/h2-12H,13-14H2,1H3,(H,22,23). The number of pyridine rings is 1. The first-order valence-electron chi connectivity index (χ1n) is 8.64. The summed E-state index contributed by atoms with van der Waals surface area (Å²) in [5.41, 5.74) is 3.73. The maximum Gasteiger partial charge on any atom is 0.246 e. The highest BCUT2D eigenvalue weighted by molar-refractivity contribution is 7.84. The van der Waals surface area contributed by atoms with Gasteiger partial charge in [-0.3, -0.25) is 9.00 Å². The van der Waals surface area contributed by atoms with Gasteiger partial charge in [0.2, 0.25) is 5.91 Å². The number of hydrogen-bond acceptors (Lipinski definition) is 4. The molecular weight excluding hydrogens is 358 g/mol. The van der Waals surface area contributed by atoms with Crippen LogP contribution in [0.3, 0.4) is 0 Å². The molecule has 5 nitrogen and oxygen atoms in total. The zero-order valence-electron chi connectivity index (χ0n) is 14.9. The number of carbonyl (C=O) groups excluding carboxylic acids is 1. The van der Waals surface area contributed by atoms with Gasteiger partial charge in [0.25, 0.3) is 0 Å². The van der Waals surface area contributed by atoms with Crippen molar-refractivity contribution in [3.8, 4) is 11.1 Å². The van der Waals surface area contributed by atoms with E-state index in [0.29, 0.717) is 12.4 Å². The number of nitrogens with zero attached hydrogens (tertiary/aromatic N) is 2. The third-order valence-electron chi connectivity index (χ3n) is 4.57. The highest BCUT2D eigenvalue weighted by atomic mass is 32.2. The molecule has 2 heterocycles. The smallest absolute Gasteiger partial charge is 0.246 e. The molecule has 1 atom stereocenters. The van der Waals surface area contributed by atoms with E-state index in [9.17, 15) is 9.00 Å². The topological polar surface area (TPSA) is 62.3 Å². The number of anilines is 2. The van der Waals surface area contributed by atoms with Crippen LogP contribution in [0.25, 0.3) is 11.1 Å². The van der Waals surface area contributed by atoms with Gasteiger partial charge in [-0.25, -0.2) is 4.98 Å². The zero-order chi connectivity index (χ0) is 18.8. The minimum absolute atomic E-state index is 0.0158. The molecule has 0 aliphatic carbocycles. The van der Waals surface area contributed by atoms with Crippen molar-refractivity contribution in [2.24, 2.45) is 0 Å². The molecule has 0 saturated heterocycles. The van der Waals surface area contributed by atoms with Crippen LogP contribution in [-0.2, 0) is 22.1 Å².